The van der Waals surface area contributed by atoms with Gasteiger partial charge in [0.2, 0.25) is 0 Å². The van der Waals surface area contributed by atoms with Crippen molar-refractivity contribution in [3.05, 3.63) is 58.6 Å². The number of aryl methyl sites for hydroxylation is 1. The van der Waals surface area contributed by atoms with Crippen LogP contribution in [0, 0.1) is 6.92 Å². The first-order valence-electron chi connectivity index (χ1n) is 8.03. The summed E-state index contributed by atoms with van der Waals surface area (Å²) in [5.74, 6) is 0.0281. The fourth-order valence-electron chi connectivity index (χ4n) is 3.03. The molecule has 2 aromatic rings. The second kappa shape index (κ2) is 7.49. The van der Waals surface area contributed by atoms with E-state index < -0.39 is 0 Å². The normalized spacial score (nSPS) is 14.8. The van der Waals surface area contributed by atoms with Crippen molar-refractivity contribution in [1.82, 2.24) is 4.90 Å². The largest absolute Gasteiger partial charge is 0.368 e. The minimum atomic E-state index is 0.0281. The van der Waals surface area contributed by atoms with Crippen LogP contribution in [0.1, 0.15) is 15.9 Å². The maximum Gasteiger partial charge on any atom is 0.255 e. The Balaban J connectivity index is 1.71. The Kier molecular flexibility index (Phi) is 5.36. The second-order valence-corrected chi connectivity index (χ2v) is 7.20. The summed E-state index contributed by atoms with van der Waals surface area (Å²) in [5.41, 5.74) is 3.13. The van der Waals surface area contributed by atoms with Gasteiger partial charge in [0, 0.05) is 36.8 Å². The van der Waals surface area contributed by atoms with E-state index >= 15 is 0 Å². The Hall–Kier alpha value is -1.65. The number of piperazine rings is 1. The molecule has 1 saturated heterocycles. The molecule has 1 aliphatic heterocycles. The Labute approximate surface area is 152 Å². The molecule has 0 N–H and O–H groups in total. The molecular formula is C19H21ClN2OS. The first kappa shape index (κ1) is 17.2. The summed E-state index contributed by atoms with van der Waals surface area (Å²) in [5, 5.41) is 0.527. The van der Waals surface area contributed by atoms with Crippen LogP contribution in [0.4, 0.5) is 5.69 Å². The molecule has 1 aliphatic rings. The molecule has 1 fully saturated rings. The van der Waals surface area contributed by atoms with E-state index in [9.17, 15) is 4.79 Å². The van der Waals surface area contributed by atoms with Crippen molar-refractivity contribution in [1.29, 1.82) is 0 Å². The van der Waals surface area contributed by atoms with Crippen LogP contribution in [-0.4, -0.2) is 43.2 Å². The lowest BCUT2D eigenvalue weighted by molar-refractivity contribution is 0.0746. The second-order valence-electron chi connectivity index (χ2n) is 5.91. The lowest BCUT2D eigenvalue weighted by Gasteiger charge is -2.37. The molecular weight excluding hydrogens is 340 g/mol. The summed E-state index contributed by atoms with van der Waals surface area (Å²) >= 11 is 7.86. The van der Waals surface area contributed by atoms with Crippen molar-refractivity contribution < 1.29 is 4.79 Å². The maximum absolute atomic E-state index is 12.8. The molecule has 5 heteroatoms. The Morgan fingerprint density at radius 2 is 1.79 bits per heavy atom. The average molecular weight is 361 g/mol. The zero-order valence-electron chi connectivity index (χ0n) is 14.0. The topological polar surface area (TPSA) is 23.6 Å². The summed E-state index contributed by atoms with van der Waals surface area (Å²) in [4.78, 5) is 18.1. The fourth-order valence-corrected chi connectivity index (χ4v) is 3.67. The molecule has 0 aliphatic carbocycles. The van der Waals surface area contributed by atoms with Crippen molar-refractivity contribution >= 4 is 35.0 Å². The highest BCUT2D eigenvalue weighted by Gasteiger charge is 2.24. The van der Waals surface area contributed by atoms with Gasteiger partial charge >= 0.3 is 0 Å². The molecule has 0 unspecified atom stereocenters. The molecule has 126 valence electrons. The summed E-state index contributed by atoms with van der Waals surface area (Å²) < 4.78 is 0. The number of para-hydroxylation sites is 1. The van der Waals surface area contributed by atoms with Gasteiger partial charge in [-0.15, -0.1) is 11.8 Å². The third-order valence-corrected chi connectivity index (χ3v) is 5.48. The molecule has 0 saturated carbocycles. The van der Waals surface area contributed by atoms with Gasteiger partial charge in [-0.2, -0.15) is 0 Å². The standard InChI is InChI=1S/C19H21ClN2OS/c1-14-5-3-4-6-18(14)21-9-11-22(12-10-21)19(23)16-13-15(24-2)7-8-17(16)20/h3-8,13H,9-12H2,1-2H3. The van der Waals surface area contributed by atoms with Gasteiger partial charge < -0.3 is 9.80 Å². The molecule has 24 heavy (non-hydrogen) atoms. The summed E-state index contributed by atoms with van der Waals surface area (Å²) in [6.45, 7) is 5.24. The van der Waals surface area contributed by atoms with E-state index in [2.05, 4.69) is 36.1 Å². The zero-order valence-corrected chi connectivity index (χ0v) is 15.5. The average Bonchev–Trinajstić information content (AvgIpc) is 2.62. The van der Waals surface area contributed by atoms with Crippen molar-refractivity contribution in [2.75, 3.05) is 37.3 Å². The number of benzene rings is 2. The maximum atomic E-state index is 12.8. The highest BCUT2D eigenvalue weighted by Crippen LogP contribution is 2.26. The van der Waals surface area contributed by atoms with E-state index in [4.69, 9.17) is 11.6 Å². The number of carbonyl (C=O) groups excluding carboxylic acids is 1. The number of thioether (sulfide) groups is 1. The highest BCUT2D eigenvalue weighted by atomic mass is 35.5. The van der Waals surface area contributed by atoms with Crippen LogP contribution < -0.4 is 4.90 Å². The number of hydrogen-bond donors (Lipinski definition) is 0. The zero-order chi connectivity index (χ0) is 17.1. The molecule has 0 aromatic heterocycles. The van der Waals surface area contributed by atoms with Gasteiger partial charge in [0.15, 0.2) is 0 Å². The Morgan fingerprint density at radius 3 is 2.46 bits per heavy atom. The van der Waals surface area contributed by atoms with Crippen LogP contribution in [-0.2, 0) is 0 Å². The third-order valence-electron chi connectivity index (χ3n) is 4.43. The van der Waals surface area contributed by atoms with Gasteiger partial charge in [-0.1, -0.05) is 29.8 Å². The summed E-state index contributed by atoms with van der Waals surface area (Å²) in [6.07, 6.45) is 2.00. The molecule has 2 aromatic carbocycles. The van der Waals surface area contributed by atoms with Gasteiger partial charge in [0.05, 0.1) is 10.6 Å². The monoisotopic (exact) mass is 360 g/mol. The molecule has 0 atom stereocenters. The summed E-state index contributed by atoms with van der Waals surface area (Å²) in [6, 6.07) is 14.0. The van der Waals surface area contributed by atoms with Crippen LogP contribution in [0.15, 0.2) is 47.4 Å². The van der Waals surface area contributed by atoms with Gasteiger partial charge in [-0.3, -0.25) is 4.79 Å². The van der Waals surface area contributed by atoms with E-state index in [1.54, 1.807) is 11.8 Å². The van der Waals surface area contributed by atoms with Crippen molar-refractivity contribution in [2.24, 2.45) is 0 Å². The molecule has 3 nitrogen and oxygen atoms in total. The van der Waals surface area contributed by atoms with Gasteiger partial charge in [-0.05, 0) is 43.0 Å². The SMILES string of the molecule is CSc1ccc(Cl)c(C(=O)N2CCN(c3ccccc3C)CC2)c1. The molecule has 0 bridgehead atoms. The van der Waals surface area contributed by atoms with E-state index in [1.807, 2.05) is 29.4 Å². The predicted octanol–water partition coefficient (Wildman–Crippen LogP) is 4.33. The fraction of sp³-hybridized carbons (Fsp3) is 0.316. The number of rotatable bonds is 3. The van der Waals surface area contributed by atoms with Crippen molar-refractivity contribution in [3.8, 4) is 0 Å². The van der Waals surface area contributed by atoms with Crippen LogP contribution in [0.25, 0.3) is 0 Å². The number of amides is 1. The van der Waals surface area contributed by atoms with Crippen LogP contribution >= 0.6 is 23.4 Å². The van der Waals surface area contributed by atoms with Crippen LogP contribution in [0.3, 0.4) is 0 Å². The van der Waals surface area contributed by atoms with Crippen LogP contribution in [0.2, 0.25) is 5.02 Å². The third kappa shape index (κ3) is 3.55. The Morgan fingerprint density at radius 1 is 1.08 bits per heavy atom. The number of hydrogen-bond acceptors (Lipinski definition) is 3. The first-order valence-corrected chi connectivity index (χ1v) is 9.64. The van der Waals surface area contributed by atoms with Crippen molar-refractivity contribution in [3.63, 3.8) is 0 Å². The van der Waals surface area contributed by atoms with Crippen LogP contribution in [0.5, 0.6) is 0 Å². The highest BCUT2D eigenvalue weighted by molar-refractivity contribution is 7.98. The quantitative estimate of drug-likeness (QED) is 0.761. The molecule has 0 radical (unpaired) electrons. The van der Waals surface area contributed by atoms with Gasteiger partial charge in [-0.25, -0.2) is 0 Å². The molecule has 0 spiro atoms. The first-order chi connectivity index (χ1) is 11.6. The van der Waals surface area contributed by atoms with E-state index in [1.165, 1.54) is 11.3 Å². The minimum absolute atomic E-state index is 0.0281. The Bertz CT molecular complexity index is 742. The smallest absolute Gasteiger partial charge is 0.255 e. The molecule has 1 amide bonds. The van der Waals surface area contributed by atoms with Gasteiger partial charge in [0.1, 0.15) is 0 Å². The van der Waals surface area contributed by atoms with E-state index in [0.29, 0.717) is 23.7 Å². The number of nitrogens with zero attached hydrogens (tertiary/aromatic N) is 2. The number of anilines is 1. The number of carbonyl (C=O) groups is 1. The lowest BCUT2D eigenvalue weighted by Crippen LogP contribution is -2.49. The summed E-state index contributed by atoms with van der Waals surface area (Å²) in [7, 11) is 0. The van der Waals surface area contributed by atoms with Crippen molar-refractivity contribution in [2.45, 2.75) is 11.8 Å². The minimum Gasteiger partial charge on any atom is -0.368 e. The van der Waals surface area contributed by atoms with E-state index in [-0.39, 0.29) is 5.91 Å². The molecule has 3 rings (SSSR count). The van der Waals surface area contributed by atoms with E-state index in [0.717, 1.165) is 18.0 Å². The van der Waals surface area contributed by atoms with Gasteiger partial charge in [0.25, 0.3) is 5.91 Å². The predicted molar refractivity (Wildman–Crippen MR) is 103 cm³/mol. The molecule has 1 heterocycles. The number of halogens is 1. The lowest BCUT2D eigenvalue weighted by atomic mass is 10.1.